The van der Waals surface area contributed by atoms with Crippen molar-refractivity contribution in [1.29, 1.82) is 0 Å². The molecule has 0 atom stereocenters. The van der Waals surface area contributed by atoms with Crippen LogP contribution >= 0.6 is 0 Å². The van der Waals surface area contributed by atoms with Crippen LogP contribution in [0.1, 0.15) is 12.0 Å². The quantitative estimate of drug-likeness (QED) is 0.468. The van der Waals surface area contributed by atoms with Gasteiger partial charge in [-0.1, -0.05) is 17.9 Å². The summed E-state index contributed by atoms with van der Waals surface area (Å²) in [4.78, 5) is 19.8. The molecule has 1 aromatic rings. The molecule has 0 aliphatic rings. The fourth-order valence-electron chi connectivity index (χ4n) is 1.02. The van der Waals surface area contributed by atoms with Crippen molar-refractivity contribution in [2.45, 2.75) is 6.42 Å². The Balaban J connectivity index is 3.12. The lowest BCUT2D eigenvalue weighted by Crippen LogP contribution is -1.96. The molecule has 1 aromatic carbocycles. The molecule has 1 rings (SSSR count). The van der Waals surface area contributed by atoms with Crippen molar-refractivity contribution in [3.63, 3.8) is 0 Å². The highest BCUT2D eigenvalue weighted by atomic mass is 19.1. The van der Waals surface area contributed by atoms with Crippen molar-refractivity contribution >= 4 is 11.7 Å². The van der Waals surface area contributed by atoms with Crippen LogP contribution in [0.4, 0.5) is 10.1 Å². The fourth-order valence-corrected chi connectivity index (χ4v) is 1.02. The van der Waals surface area contributed by atoms with Gasteiger partial charge < -0.3 is 5.11 Å². The van der Waals surface area contributed by atoms with Gasteiger partial charge in [0.05, 0.1) is 4.92 Å². The second-order valence-corrected chi connectivity index (χ2v) is 2.77. The van der Waals surface area contributed by atoms with Crippen LogP contribution < -0.4 is 0 Å². The molecule has 0 saturated heterocycles. The number of carbonyl (C=O) groups is 1. The van der Waals surface area contributed by atoms with Crippen molar-refractivity contribution in [3.8, 4) is 11.8 Å². The molecular weight excluding hydrogens is 217 g/mol. The zero-order chi connectivity index (χ0) is 12.1. The number of nitrogens with zero attached hydrogens (tertiary/aromatic N) is 1. The maximum absolute atomic E-state index is 13.1. The lowest BCUT2D eigenvalue weighted by molar-refractivity contribution is -0.387. The summed E-state index contributed by atoms with van der Waals surface area (Å²) in [6.07, 6.45) is -0.451. The Kier molecular flexibility index (Phi) is 3.56. The molecular formula is C10H6FNO4. The summed E-state index contributed by atoms with van der Waals surface area (Å²) in [5.41, 5.74) is -0.869. The summed E-state index contributed by atoms with van der Waals surface area (Å²) < 4.78 is 13.1. The van der Waals surface area contributed by atoms with Crippen molar-refractivity contribution < 1.29 is 19.2 Å². The first-order valence-corrected chi connectivity index (χ1v) is 4.16. The number of halogens is 1. The Morgan fingerprint density at radius 2 is 2.25 bits per heavy atom. The molecule has 0 amide bonds. The number of nitro groups is 1. The molecule has 82 valence electrons. The average Bonchev–Trinajstić information content (AvgIpc) is 2.16. The van der Waals surface area contributed by atoms with Gasteiger partial charge in [0.15, 0.2) is 0 Å². The smallest absolute Gasteiger partial charge is 0.320 e. The molecule has 1 N–H and O–H groups in total. The minimum atomic E-state index is -1.15. The lowest BCUT2D eigenvalue weighted by Gasteiger charge is -1.95. The highest BCUT2D eigenvalue weighted by Crippen LogP contribution is 2.21. The zero-order valence-electron chi connectivity index (χ0n) is 7.94. The van der Waals surface area contributed by atoms with Crippen molar-refractivity contribution in [1.82, 2.24) is 0 Å². The topological polar surface area (TPSA) is 80.4 Å². The standard InChI is InChI=1S/C10H6FNO4/c11-8-5-1-3-7(10(8)12(15)16)4-2-6-9(13)14/h1,3,5H,6H2,(H,13,14). The number of hydrogen-bond donors (Lipinski definition) is 1. The van der Waals surface area contributed by atoms with Crippen LogP contribution in [-0.2, 0) is 4.79 Å². The molecule has 0 aliphatic heterocycles. The maximum Gasteiger partial charge on any atom is 0.320 e. The Morgan fingerprint density at radius 3 is 2.81 bits per heavy atom. The first-order valence-electron chi connectivity index (χ1n) is 4.16. The van der Waals surface area contributed by atoms with Crippen LogP contribution in [0, 0.1) is 27.8 Å². The second kappa shape index (κ2) is 4.89. The zero-order valence-corrected chi connectivity index (χ0v) is 7.94. The molecule has 0 saturated carbocycles. The minimum absolute atomic E-state index is 0.133. The minimum Gasteiger partial charge on any atom is -0.481 e. The van der Waals surface area contributed by atoms with Gasteiger partial charge in [-0.3, -0.25) is 14.9 Å². The third-order valence-electron chi connectivity index (χ3n) is 1.63. The summed E-state index contributed by atoms with van der Waals surface area (Å²) in [5, 5.41) is 18.8. The van der Waals surface area contributed by atoms with E-state index in [1.165, 1.54) is 12.1 Å². The maximum atomic E-state index is 13.1. The molecule has 0 unspecified atom stereocenters. The van der Waals surface area contributed by atoms with E-state index in [9.17, 15) is 19.3 Å². The van der Waals surface area contributed by atoms with Gasteiger partial charge in [-0.2, -0.15) is 4.39 Å². The van der Waals surface area contributed by atoms with E-state index in [-0.39, 0.29) is 5.56 Å². The molecule has 16 heavy (non-hydrogen) atoms. The highest BCUT2D eigenvalue weighted by molar-refractivity contribution is 5.70. The molecule has 0 aliphatic carbocycles. The van der Waals surface area contributed by atoms with Gasteiger partial charge in [0.25, 0.3) is 0 Å². The number of para-hydroxylation sites is 1. The predicted octanol–water partition coefficient (Wildman–Crippen LogP) is 1.56. The number of benzene rings is 1. The molecule has 5 nitrogen and oxygen atoms in total. The number of rotatable bonds is 2. The molecule has 0 radical (unpaired) electrons. The monoisotopic (exact) mass is 223 g/mol. The molecule has 0 spiro atoms. The molecule has 6 heteroatoms. The van der Waals surface area contributed by atoms with E-state index in [0.29, 0.717) is 0 Å². The van der Waals surface area contributed by atoms with E-state index in [1.807, 2.05) is 0 Å². The average molecular weight is 223 g/mol. The van der Waals surface area contributed by atoms with E-state index in [4.69, 9.17) is 5.11 Å². The third-order valence-corrected chi connectivity index (χ3v) is 1.63. The van der Waals surface area contributed by atoms with Gasteiger partial charge >= 0.3 is 11.7 Å². The van der Waals surface area contributed by atoms with Gasteiger partial charge in [0.1, 0.15) is 12.0 Å². The Hall–Kier alpha value is -2.42. The van der Waals surface area contributed by atoms with E-state index in [2.05, 4.69) is 11.8 Å². The van der Waals surface area contributed by atoms with Gasteiger partial charge in [-0.25, -0.2) is 0 Å². The molecule has 0 bridgehead atoms. The summed E-state index contributed by atoms with van der Waals surface area (Å²) in [7, 11) is 0. The number of nitro benzene ring substituents is 1. The second-order valence-electron chi connectivity index (χ2n) is 2.77. The molecule has 0 aromatic heterocycles. The van der Waals surface area contributed by atoms with E-state index in [1.54, 1.807) is 0 Å². The largest absolute Gasteiger partial charge is 0.481 e. The normalized spacial score (nSPS) is 9.06. The number of carboxylic acid groups (broad SMARTS) is 1. The number of carboxylic acids is 1. The first kappa shape index (κ1) is 11.7. The SMILES string of the molecule is O=C(O)CC#Cc1cccc(F)c1[N+](=O)[O-]. The summed E-state index contributed by atoms with van der Waals surface area (Å²) in [6, 6.07) is 3.48. The third kappa shape index (κ3) is 2.78. The van der Waals surface area contributed by atoms with Gasteiger partial charge in [-0.05, 0) is 12.1 Å². The van der Waals surface area contributed by atoms with E-state index in [0.717, 1.165) is 6.07 Å². The highest BCUT2D eigenvalue weighted by Gasteiger charge is 2.17. The summed E-state index contributed by atoms with van der Waals surface area (Å²) >= 11 is 0. The van der Waals surface area contributed by atoms with Crippen molar-refractivity contribution in [2.24, 2.45) is 0 Å². The lowest BCUT2D eigenvalue weighted by atomic mass is 10.1. The van der Waals surface area contributed by atoms with Crippen LogP contribution in [0.3, 0.4) is 0 Å². The first-order chi connectivity index (χ1) is 7.52. The van der Waals surface area contributed by atoms with Crippen LogP contribution in [0.2, 0.25) is 0 Å². The number of aliphatic carboxylic acids is 1. The van der Waals surface area contributed by atoms with Gasteiger partial charge in [0, 0.05) is 0 Å². The van der Waals surface area contributed by atoms with Crippen LogP contribution in [0.15, 0.2) is 18.2 Å². The van der Waals surface area contributed by atoms with Crippen LogP contribution in [-0.4, -0.2) is 16.0 Å². The Labute approximate surface area is 89.7 Å². The van der Waals surface area contributed by atoms with E-state index < -0.39 is 28.8 Å². The fraction of sp³-hybridized carbons (Fsp3) is 0.100. The van der Waals surface area contributed by atoms with E-state index >= 15 is 0 Å². The van der Waals surface area contributed by atoms with Gasteiger partial charge in [0.2, 0.25) is 5.82 Å². The Bertz CT molecular complexity index is 501. The summed E-state index contributed by atoms with van der Waals surface area (Å²) in [5.74, 6) is 2.32. The number of hydrogen-bond acceptors (Lipinski definition) is 3. The Morgan fingerprint density at radius 1 is 1.56 bits per heavy atom. The summed E-state index contributed by atoms with van der Waals surface area (Å²) in [6.45, 7) is 0. The predicted molar refractivity (Wildman–Crippen MR) is 52.2 cm³/mol. The van der Waals surface area contributed by atoms with Crippen molar-refractivity contribution in [2.75, 3.05) is 0 Å². The molecule has 0 fully saturated rings. The van der Waals surface area contributed by atoms with Crippen molar-refractivity contribution in [3.05, 3.63) is 39.7 Å². The molecule has 0 heterocycles. The van der Waals surface area contributed by atoms with Crippen LogP contribution in [0.5, 0.6) is 0 Å². The van der Waals surface area contributed by atoms with Crippen LogP contribution in [0.25, 0.3) is 0 Å². The van der Waals surface area contributed by atoms with Gasteiger partial charge in [-0.15, -0.1) is 0 Å².